The van der Waals surface area contributed by atoms with E-state index in [2.05, 4.69) is 18.1 Å². The highest BCUT2D eigenvalue weighted by atomic mass is 16.5. The largest absolute Gasteiger partial charge is 0.451 e. The Kier molecular flexibility index (Phi) is 5.14. The SMILES string of the molecule is C=CCN(CC=C)C(=O)COC(=O)c1cc2ccccc2[nH]1. The molecular weight excluding hydrogens is 280 g/mol. The number of para-hydroxylation sites is 1. The Morgan fingerprint density at radius 2 is 1.86 bits per heavy atom. The average molecular weight is 298 g/mol. The summed E-state index contributed by atoms with van der Waals surface area (Å²) in [6.45, 7) is 7.64. The van der Waals surface area contributed by atoms with Crippen molar-refractivity contribution in [2.24, 2.45) is 0 Å². The van der Waals surface area contributed by atoms with Crippen molar-refractivity contribution in [1.82, 2.24) is 9.88 Å². The van der Waals surface area contributed by atoms with E-state index in [9.17, 15) is 9.59 Å². The normalized spacial score (nSPS) is 10.2. The smallest absolute Gasteiger partial charge is 0.355 e. The number of hydrogen-bond donors (Lipinski definition) is 1. The maximum Gasteiger partial charge on any atom is 0.355 e. The Labute approximate surface area is 128 Å². The van der Waals surface area contributed by atoms with Crippen molar-refractivity contribution in [3.8, 4) is 0 Å². The molecule has 0 atom stereocenters. The highest BCUT2D eigenvalue weighted by Crippen LogP contribution is 2.15. The van der Waals surface area contributed by atoms with Gasteiger partial charge in [0.05, 0.1) is 0 Å². The van der Waals surface area contributed by atoms with Crippen molar-refractivity contribution in [1.29, 1.82) is 0 Å². The molecule has 5 heteroatoms. The Bertz CT molecular complexity index is 660. The molecule has 0 aliphatic rings. The molecule has 0 bridgehead atoms. The topological polar surface area (TPSA) is 62.4 Å². The molecular formula is C17H18N2O3. The number of nitrogens with zero attached hydrogens (tertiary/aromatic N) is 1. The fourth-order valence-corrected chi connectivity index (χ4v) is 2.07. The van der Waals surface area contributed by atoms with E-state index in [4.69, 9.17) is 4.74 Å². The number of nitrogens with one attached hydrogen (secondary N) is 1. The van der Waals surface area contributed by atoms with Gasteiger partial charge in [-0.3, -0.25) is 4.79 Å². The van der Waals surface area contributed by atoms with Gasteiger partial charge in [0, 0.05) is 24.0 Å². The van der Waals surface area contributed by atoms with Crippen molar-refractivity contribution in [3.05, 3.63) is 61.3 Å². The number of ether oxygens (including phenoxy) is 1. The van der Waals surface area contributed by atoms with Gasteiger partial charge in [-0.1, -0.05) is 30.4 Å². The summed E-state index contributed by atoms with van der Waals surface area (Å²) < 4.78 is 5.06. The fourth-order valence-electron chi connectivity index (χ4n) is 2.07. The summed E-state index contributed by atoms with van der Waals surface area (Å²) in [6.07, 6.45) is 3.22. The molecule has 2 rings (SSSR count). The first-order valence-corrected chi connectivity index (χ1v) is 6.90. The second kappa shape index (κ2) is 7.26. The quantitative estimate of drug-likeness (QED) is 0.631. The van der Waals surface area contributed by atoms with Crippen LogP contribution in [0.2, 0.25) is 0 Å². The summed E-state index contributed by atoms with van der Waals surface area (Å²) in [4.78, 5) is 28.4. The van der Waals surface area contributed by atoms with Crippen LogP contribution in [0.15, 0.2) is 55.6 Å². The van der Waals surface area contributed by atoms with Crippen LogP contribution in [0.3, 0.4) is 0 Å². The van der Waals surface area contributed by atoms with E-state index < -0.39 is 5.97 Å². The first-order valence-electron chi connectivity index (χ1n) is 6.90. The summed E-state index contributed by atoms with van der Waals surface area (Å²) in [7, 11) is 0. The van der Waals surface area contributed by atoms with E-state index >= 15 is 0 Å². The standard InChI is InChI=1S/C17H18N2O3/c1-3-9-19(10-4-2)16(20)12-22-17(21)15-11-13-7-5-6-8-14(13)18-15/h3-8,11,18H,1-2,9-10,12H2. The molecule has 0 saturated carbocycles. The number of carbonyl (C=O) groups excluding carboxylic acids is 2. The summed E-state index contributed by atoms with van der Waals surface area (Å²) in [5, 5.41) is 0.917. The summed E-state index contributed by atoms with van der Waals surface area (Å²) in [6, 6.07) is 9.22. The highest BCUT2D eigenvalue weighted by Gasteiger charge is 2.16. The zero-order valence-electron chi connectivity index (χ0n) is 12.2. The lowest BCUT2D eigenvalue weighted by Crippen LogP contribution is -2.35. The minimum atomic E-state index is -0.554. The van der Waals surface area contributed by atoms with Crippen LogP contribution in [0.5, 0.6) is 0 Å². The van der Waals surface area contributed by atoms with Gasteiger partial charge < -0.3 is 14.6 Å². The van der Waals surface area contributed by atoms with E-state index in [-0.39, 0.29) is 12.5 Å². The highest BCUT2D eigenvalue weighted by molar-refractivity contribution is 5.95. The third kappa shape index (κ3) is 3.63. The minimum absolute atomic E-state index is 0.288. The molecule has 1 aromatic heterocycles. The van der Waals surface area contributed by atoms with Crippen molar-refractivity contribution in [2.45, 2.75) is 0 Å². The van der Waals surface area contributed by atoms with Gasteiger partial charge in [-0.2, -0.15) is 0 Å². The maximum atomic E-state index is 12.0. The van der Waals surface area contributed by atoms with Crippen LogP contribution >= 0.6 is 0 Å². The van der Waals surface area contributed by atoms with E-state index in [1.165, 1.54) is 4.90 Å². The molecule has 22 heavy (non-hydrogen) atoms. The number of aromatic nitrogens is 1. The number of benzene rings is 1. The van der Waals surface area contributed by atoms with Crippen LogP contribution in [0.1, 0.15) is 10.5 Å². The molecule has 0 aliphatic heterocycles. The summed E-state index contributed by atoms with van der Waals surface area (Å²) in [5.41, 5.74) is 1.17. The Balaban J connectivity index is 1.98. The Hall–Kier alpha value is -2.82. The lowest BCUT2D eigenvalue weighted by molar-refractivity contribution is -0.133. The van der Waals surface area contributed by atoms with Crippen LogP contribution in [0, 0.1) is 0 Å². The number of esters is 1. The predicted octanol–water partition coefficient (Wildman–Crippen LogP) is 2.53. The number of carbonyl (C=O) groups is 2. The third-order valence-corrected chi connectivity index (χ3v) is 3.13. The lowest BCUT2D eigenvalue weighted by Gasteiger charge is -2.18. The molecule has 0 radical (unpaired) electrons. The number of amides is 1. The van der Waals surface area contributed by atoms with Gasteiger partial charge in [0.2, 0.25) is 0 Å². The van der Waals surface area contributed by atoms with Gasteiger partial charge >= 0.3 is 5.97 Å². The zero-order chi connectivity index (χ0) is 15.9. The van der Waals surface area contributed by atoms with E-state index in [0.717, 1.165) is 10.9 Å². The molecule has 0 aliphatic carbocycles. The first kappa shape index (κ1) is 15.6. The predicted molar refractivity (Wildman–Crippen MR) is 85.6 cm³/mol. The van der Waals surface area contributed by atoms with Crippen molar-refractivity contribution in [2.75, 3.05) is 19.7 Å². The van der Waals surface area contributed by atoms with Gasteiger partial charge in [0.25, 0.3) is 5.91 Å². The molecule has 0 unspecified atom stereocenters. The van der Waals surface area contributed by atoms with Gasteiger partial charge in [0.1, 0.15) is 5.69 Å². The summed E-state index contributed by atoms with van der Waals surface area (Å²) in [5.74, 6) is -0.842. The van der Waals surface area contributed by atoms with Crippen molar-refractivity contribution in [3.63, 3.8) is 0 Å². The number of rotatable bonds is 7. The third-order valence-electron chi connectivity index (χ3n) is 3.13. The van der Waals surface area contributed by atoms with E-state index in [1.54, 1.807) is 18.2 Å². The van der Waals surface area contributed by atoms with E-state index in [0.29, 0.717) is 18.8 Å². The number of hydrogen-bond acceptors (Lipinski definition) is 3. The minimum Gasteiger partial charge on any atom is -0.451 e. The maximum absolute atomic E-state index is 12.0. The van der Waals surface area contributed by atoms with Crippen LogP contribution in [0.25, 0.3) is 10.9 Å². The van der Waals surface area contributed by atoms with Gasteiger partial charge in [0.15, 0.2) is 6.61 Å². The second-order valence-corrected chi connectivity index (χ2v) is 4.72. The van der Waals surface area contributed by atoms with Crippen LogP contribution < -0.4 is 0 Å². The monoisotopic (exact) mass is 298 g/mol. The van der Waals surface area contributed by atoms with Crippen molar-refractivity contribution >= 4 is 22.8 Å². The molecule has 0 saturated heterocycles. The fraction of sp³-hybridized carbons (Fsp3) is 0.176. The molecule has 1 heterocycles. The molecule has 114 valence electrons. The van der Waals surface area contributed by atoms with Gasteiger partial charge in [-0.05, 0) is 12.1 Å². The lowest BCUT2D eigenvalue weighted by atomic mass is 10.2. The van der Waals surface area contributed by atoms with Crippen molar-refractivity contribution < 1.29 is 14.3 Å². The second-order valence-electron chi connectivity index (χ2n) is 4.72. The Morgan fingerprint density at radius 1 is 1.18 bits per heavy atom. The molecule has 1 amide bonds. The number of fused-ring (bicyclic) bond motifs is 1. The number of H-pyrrole nitrogens is 1. The van der Waals surface area contributed by atoms with E-state index in [1.807, 2.05) is 24.3 Å². The number of aromatic amines is 1. The molecule has 5 nitrogen and oxygen atoms in total. The molecule has 1 N–H and O–H groups in total. The van der Waals surface area contributed by atoms with Crippen LogP contribution in [-0.4, -0.2) is 41.5 Å². The molecule has 2 aromatic rings. The summed E-state index contributed by atoms with van der Waals surface area (Å²) >= 11 is 0. The Morgan fingerprint density at radius 3 is 2.50 bits per heavy atom. The molecule has 0 fully saturated rings. The van der Waals surface area contributed by atoms with Gasteiger partial charge in [-0.15, -0.1) is 13.2 Å². The molecule has 1 aromatic carbocycles. The van der Waals surface area contributed by atoms with Crippen LogP contribution in [-0.2, 0) is 9.53 Å². The molecule has 0 spiro atoms. The average Bonchev–Trinajstić information content (AvgIpc) is 2.96. The van der Waals surface area contributed by atoms with Gasteiger partial charge in [-0.25, -0.2) is 4.79 Å². The zero-order valence-corrected chi connectivity index (χ0v) is 12.2. The van der Waals surface area contributed by atoms with Crippen LogP contribution in [0.4, 0.5) is 0 Å². The first-order chi connectivity index (χ1) is 10.7.